The van der Waals surface area contributed by atoms with Crippen molar-refractivity contribution in [2.75, 3.05) is 0 Å². The fraction of sp³-hybridized carbons (Fsp3) is 0.667. The predicted octanol–water partition coefficient (Wildman–Crippen LogP) is -0.0895. The summed E-state index contributed by atoms with van der Waals surface area (Å²) in [5.41, 5.74) is 4.75. The lowest BCUT2D eigenvalue weighted by Crippen LogP contribution is -2.49. The van der Waals surface area contributed by atoms with E-state index in [1.807, 2.05) is 27.7 Å². The number of hydroxylamine groups is 2. The maximum atomic E-state index is 11.1. The van der Waals surface area contributed by atoms with Crippen LogP contribution in [0.2, 0.25) is 0 Å². The van der Waals surface area contributed by atoms with Gasteiger partial charge in [-0.15, -0.1) is 0 Å². The SMILES string of the molecule is CC1(C)C=C(C(N)=O)C(C)(C)N1[OH2+]. The van der Waals surface area contributed by atoms with Gasteiger partial charge in [0.15, 0.2) is 0 Å². The molecular weight excluding hydrogens is 168 g/mol. The minimum atomic E-state index is -0.588. The number of carbonyl (C=O) groups excluding carboxylic acids is 1. The summed E-state index contributed by atoms with van der Waals surface area (Å²) in [7, 11) is 0. The van der Waals surface area contributed by atoms with Crippen molar-refractivity contribution in [3.05, 3.63) is 11.6 Å². The minimum Gasteiger partial charge on any atom is -0.366 e. The summed E-state index contributed by atoms with van der Waals surface area (Å²) >= 11 is 0. The van der Waals surface area contributed by atoms with Gasteiger partial charge in [-0.25, -0.2) is 0 Å². The number of rotatable bonds is 1. The largest absolute Gasteiger partial charge is 0.366 e. The summed E-state index contributed by atoms with van der Waals surface area (Å²) in [5.74, 6) is -0.437. The van der Waals surface area contributed by atoms with Crippen molar-refractivity contribution < 1.29 is 10.0 Å². The molecule has 4 N–H and O–H groups in total. The number of hydrogen-bond donors (Lipinski definition) is 1. The van der Waals surface area contributed by atoms with Crippen LogP contribution in [-0.4, -0.2) is 27.3 Å². The molecule has 1 aliphatic rings. The van der Waals surface area contributed by atoms with Crippen molar-refractivity contribution in [3.63, 3.8) is 0 Å². The van der Waals surface area contributed by atoms with E-state index < -0.39 is 17.0 Å². The van der Waals surface area contributed by atoms with Crippen LogP contribution in [0.25, 0.3) is 0 Å². The Hall–Kier alpha value is -0.870. The zero-order chi connectivity index (χ0) is 10.4. The van der Waals surface area contributed by atoms with Gasteiger partial charge < -0.3 is 10.9 Å². The molecule has 1 rings (SSSR count). The molecule has 4 heteroatoms. The average Bonchev–Trinajstić information content (AvgIpc) is 2.11. The van der Waals surface area contributed by atoms with Crippen LogP contribution in [0, 0.1) is 0 Å². The Morgan fingerprint density at radius 1 is 1.46 bits per heavy atom. The normalized spacial score (nSPS) is 25.8. The molecule has 0 aromatic heterocycles. The third kappa shape index (κ3) is 1.36. The van der Waals surface area contributed by atoms with Crippen molar-refractivity contribution in [2.45, 2.75) is 38.8 Å². The van der Waals surface area contributed by atoms with Crippen LogP contribution in [0.3, 0.4) is 0 Å². The molecule has 0 aromatic carbocycles. The Balaban J connectivity index is 3.17. The molecule has 0 unspecified atom stereocenters. The number of amides is 1. The molecular formula is C9H17N2O2+. The second kappa shape index (κ2) is 2.56. The van der Waals surface area contributed by atoms with E-state index >= 15 is 0 Å². The van der Waals surface area contributed by atoms with Crippen LogP contribution in [0.1, 0.15) is 27.7 Å². The highest BCUT2D eigenvalue weighted by molar-refractivity contribution is 5.95. The first-order valence-electron chi connectivity index (χ1n) is 4.24. The van der Waals surface area contributed by atoms with Gasteiger partial charge in [-0.3, -0.25) is 4.79 Å². The first kappa shape index (κ1) is 10.2. The molecule has 0 saturated heterocycles. The Morgan fingerprint density at radius 3 is 2.08 bits per heavy atom. The first-order chi connectivity index (χ1) is 5.69. The second-order valence-corrected chi connectivity index (χ2v) is 4.47. The molecule has 1 amide bonds. The van der Waals surface area contributed by atoms with E-state index in [-0.39, 0.29) is 0 Å². The van der Waals surface area contributed by atoms with Gasteiger partial charge >= 0.3 is 0 Å². The van der Waals surface area contributed by atoms with Crippen molar-refractivity contribution in [1.82, 2.24) is 5.06 Å². The number of hydrogen-bond acceptors (Lipinski definition) is 2. The van der Waals surface area contributed by atoms with E-state index in [1.165, 1.54) is 5.06 Å². The number of carbonyl (C=O) groups is 1. The van der Waals surface area contributed by atoms with Gasteiger partial charge in [0, 0.05) is 5.57 Å². The number of nitrogens with two attached hydrogens (primary N) is 1. The van der Waals surface area contributed by atoms with Crippen LogP contribution in [-0.2, 0) is 4.79 Å². The van der Waals surface area contributed by atoms with Crippen molar-refractivity contribution in [1.29, 1.82) is 0 Å². The minimum absolute atomic E-state index is 0.423. The van der Waals surface area contributed by atoms with E-state index in [9.17, 15) is 4.79 Å². The summed E-state index contributed by atoms with van der Waals surface area (Å²) in [5, 5.41) is 9.24. The summed E-state index contributed by atoms with van der Waals surface area (Å²) in [6.45, 7) is 7.42. The smallest absolute Gasteiger partial charge is 0.246 e. The second-order valence-electron chi connectivity index (χ2n) is 4.47. The molecule has 0 aromatic rings. The average molecular weight is 185 g/mol. The highest BCUT2D eigenvalue weighted by Gasteiger charge is 2.50. The van der Waals surface area contributed by atoms with Gasteiger partial charge in [0.1, 0.15) is 11.1 Å². The standard InChI is InChI=1S/C9H16N2O2/c1-8(2)5-6(7(10)12)9(3,4)11(8)13/h5,13H,1-4H3,(H2,10,12)/p+1. The van der Waals surface area contributed by atoms with Gasteiger partial charge in [0.25, 0.3) is 0 Å². The van der Waals surface area contributed by atoms with Crippen molar-refractivity contribution >= 4 is 5.91 Å². The Labute approximate surface area is 78.0 Å². The lowest BCUT2D eigenvalue weighted by molar-refractivity contribution is -0.185. The zero-order valence-corrected chi connectivity index (χ0v) is 8.51. The monoisotopic (exact) mass is 185 g/mol. The molecule has 13 heavy (non-hydrogen) atoms. The molecule has 74 valence electrons. The third-order valence-corrected chi connectivity index (χ3v) is 2.56. The quantitative estimate of drug-likeness (QED) is 0.580. The molecule has 0 fully saturated rings. The molecule has 1 aliphatic heterocycles. The van der Waals surface area contributed by atoms with Crippen LogP contribution in [0.4, 0.5) is 0 Å². The van der Waals surface area contributed by atoms with Gasteiger partial charge in [0.2, 0.25) is 5.91 Å². The summed E-state index contributed by atoms with van der Waals surface area (Å²) in [6, 6.07) is 0. The first-order valence-corrected chi connectivity index (χ1v) is 4.24. The van der Waals surface area contributed by atoms with Gasteiger partial charge in [-0.1, -0.05) is 5.06 Å². The van der Waals surface area contributed by atoms with Crippen molar-refractivity contribution in [3.8, 4) is 0 Å². The summed E-state index contributed by atoms with van der Waals surface area (Å²) in [4.78, 5) is 11.1. The molecule has 4 nitrogen and oxygen atoms in total. The highest BCUT2D eigenvalue weighted by Crippen LogP contribution is 2.37. The van der Waals surface area contributed by atoms with Crippen LogP contribution >= 0.6 is 0 Å². The van der Waals surface area contributed by atoms with Crippen LogP contribution in [0.5, 0.6) is 0 Å². The van der Waals surface area contributed by atoms with Gasteiger partial charge in [-0.2, -0.15) is 0 Å². The highest BCUT2D eigenvalue weighted by atomic mass is 16.5. The Morgan fingerprint density at radius 2 is 1.92 bits per heavy atom. The van der Waals surface area contributed by atoms with Gasteiger partial charge in [-0.05, 0) is 33.8 Å². The lowest BCUT2D eigenvalue weighted by atomic mass is 9.96. The van der Waals surface area contributed by atoms with Crippen molar-refractivity contribution in [2.24, 2.45) is 5.73 Å². The zero-order valence-electron chi connectivity index (χ0n) is 8.51. The maximum absolute atomic E-state index is 11.1. The summed E-state index contributed by atoms with van der Waals surface area (Å²) in [6.07, 6.45) is 1.77. The summed E-state index contributed by atoms with van der Waals surface area (Å²) < 4.78 is 0. The fourth-order valence-electron chi connectivity index (χ4n) is 1.81. The molecule has 0 spiro atoms. The molecule has 0 atom stereocenters. The molecule has 0 bridgehead atoms. The lowest BCUT2D eigenvalue weighted by Gasteiger charge is -2.30. The van der Waals surface area contributed by atoms with E-state index in [0.717, 1.165) is 0 Å². The topological polar surface area (TPSA) is 69.2 Å². The van der Waals surface area contributed by atoms with E-state index in [0.29, 0.717) is 5.57 Å². The number of primary amides is 1. The molecule has 0 saturated carbocycles. The third-order valence-electron chi connectivity index (χ3n) is 2.56. The molecule has 1 heterocycles. The fourth-order valence-corrected chi connectivity index (χ4v) is 1.81. The van der Waals surface area contributed by atoms with E-state index in [4.69, 9.17) is 10.9 Å². The predicted molar refractivity (Wildman–Crippen MR) is 50.9 cm³/mol. The number of nitrogens with zero attached hydrogens (tertiary/aromatic N) is 1. The van der Waals surface area contributed by atoms with Gasteiger partial charge in [0.05, 0.1) is 0 Å². The Bertz CT molecular complexity index is 279. The van der Waals surface area contributed by atoms with Crippen LogP contribution in [0.15, 0.2) is 11.6 Å². The Kier molecular flexibility index (Phi) is 2.01. The maximum Gasteiger partial charge on any atom is 0.246 e. The van der Waals surface area contributed by atoms with E-state index in [1.54, 1.807) is 6.08 Å². The van der Waals surface area contributed by atoms with E-state index in [2.05, 4.69) is 0 Å². The molecule has 0 radical (unpaired) electrons. The van der Waals surface area contributed by atoms with Crippen LogP contribution < -0.4 is 5.73 Å². The molecule has 0 aliphatic carbocycles.